The van der Waals surface area contributed by atoms with Crippen LogP contribution in [0.3, 0.4) is 0 Å². The van der Waals surface area contributed by atoms with Gasteiger partial charge in [-0.3, -0.25) is 19.2 Å². The molecule has 0 spiro atoms. The molecule has 0 aromatic rings. The summed E-state index contributed by atoms with van der Waals surface area (Å²) in [6.07, 6.45) is -2.32. The Balaban J connectivity index is 4.45. The number of carbonyl (C=O) groups excluding carboxylic acids is 3. The van der Waals surface area contributed by atoms with Crippen molar-refractivity contribution in [2.75, 3.05) is 33.0 Å². The van der Waals surface area contributed by atoms with Crippen LogP contribution in [-0.4, -0.2) is 102 Å². The zero-order chi connectivity index (χ0) is 27.7. The minimum Gasteiger partial charge on any atom is -0.481 e. The molecule has 0 fully saturated rings. The van der Waals surface area contributed by atoms with Crippen LogP contribution >= 0.6 is 0 Å². The summed E-state index contributed by atoms with van der Waals surface area (Å²) < 4.78 is 15.4. The van der Waals surface area contributed by atoms with Crippen LogP contribution in [0.5, 0.6) is 0 Å². The first-order valence-electron chi connectivity index (χ1n) is 11.1. The maximum atomic E-state index is 12.4. The number of amides is 3. The molecule has 0 aliphatic heterocycles. The summed E-state index contributed by atoms with van der Waals surface area (Å²) in [5.74, 6) is -5.70. The van der Waals surface area contributed by atoms with Crippen LogP contribution in [0.25, 0.3) is 0 Å². The van der Waals surface area contributed by atoms with Gasteiger partial charge in [0.25, 0.3) is 0 Å². The van der Waals surface area contributed by atoms with Crippen molar-refractivity contribution in [2.45, 2.75) is 64.1 Å². The van der Waals surface area contributed by atoms with Gasteiger partial charge in [0, 0.05) is 19.4 Å². The molecule has 0 bridgehead atoms. The Morgan fingerprint density at radius 1 is 0.778 bits per heavy atom. The molecule has 15 nitrogen and oxygen atoms in total. The minimum atomic E-state index is -1.53. The quantitative estimate of drug-likeness (QED) is 0.123. The van der Waals surface area contributed by atoms with Gasteiger partial charge < -0.3 is 45.5 Å². The molecule has 0 rings (SSSR count). The van der Waals surface area contributed by atoms with Crippen LogP contribution in [0.1, 0.15) is 46.5 Å². The summed E-state index contributed by atoms with van der Waals surface area (Å²) in [4.78, 5) is 68.8. The average Bonchev–Trinajstić information content (AvgIpc) is 2.73. The van der Waals surface area contributed by atoms with Crippen molar-refractivity contribution in [2.24, 2.45) is 0 Å². The maximum absolute atomic E-state index is 12.4. The summed E-state index contributed by atoms with van der Waals surface area (Å²) in [5, 5.41) is 33.6. The van der Waals surface area contributed by atoms with E-state index in [0.29, 0.717) is 0 Å². The van der Waals surface area contributed by atoms with Crippen molar-refractivity contribution >= 4 is 35.8 Å². The van der Waals surface area contributed by atoms with E-state index in [-0.39, 0.29) is 32.8 Å². The lowest BCUT2D eigenvalue weighted by atomic mass is 10.1. The molecular formula is C21H35N3O12. The third-order valence-corrected chi connectivity index (χ3v) is 4.08. The number of ether oxygens (including phenoxy) is 3. The van der Waals surface area contributed by atoms with Crippen molar-refractivity contribution in [3.63, 3.8) is 0 Å². The molecule has 15 heteroatoms. The molecule has 0 aliphatic carbocycles. The van der Waals surface area contributed by atoms with Gasteiger partial charge in [0.15, 0.2) is 0 Å². The highest BCUT2D eigenvalue weighted by Gasteiger charge is 2.27. The summed E-state index contributed by atoms with van der Waals surface area (Å²) >= 11 is 0. The van der Waals surface area contributed by atoms with Crippen LogP contribution in [0.2, 0.25) is 0 Å². The molecule has 0 aromatic heterocycles. The number of aliphatic carboxylic acids is 3. The van der Waals surface area contributed by atoms with Crippen molar-refractivity contribution in [3.05, 3.63) is 0 Å². The second-order valence-electron chi connectivity index (χ2n) is 8.48. The second-order valence-corrected chi connectivity index (χ2v) is 8.48. The maximum Gasteiger partial charge on any atom is 0.407 e. The number of hydrogen-bond donors (Lipinski definition) is 6. The summed E-state index contributed by atoms with van der Waals surface area (Å²) in [6, 6.07) is -2.91. The Morgan fingerprint density at radius 2 is 1.33 bits per heavy atom. The van der Waals surface area contributed by atoms with E-state index in [4.69, 9.17) is 29.5 Å². The molecule has 0 radical (unpaired) electrons. The zero-order valence-corrected chi connectivity index (χ0v) is 20.5. The first kappa shape index (κ1) is 32.5. The molecule has 0 aromatic carbocycles. The van der Waals surface area contributed by atoms with Crippen LogP contribution in [0.4, 0.5) is 4.79 Å². The van der Waals surface area contributed by atoms with Gasteiger partial charge in [-0.2, -0.15) is 0 Å². The molecule has 0 saturated heterocycles. The van der Waals surface area contributed by atoms with E-state index in [1.54, 1.807) is 20.8 Å². The molecule has 3 amide bonds. The van der Waals surface area contributed by atoms with Gasteiger partial charge in [-0.05, 0) is 33.6 Å². The van der Waals surface area contributed by atoms with E-state index in [1.165, 1.54) is 0 Å². The zero-order valence-electron chi connectivity index (χ0n) is 20.5. The Bertz CT molecular complexity index is 766. The summed E-state index contributed by atoms with van der Waals surface area (Å²) in [6.45, 7) is 5.15. The fraction of sp³-hybridized carbons (Fsp3) is 0.714. The van der Waals surface area contributed by atoms with E-state index in [1.807, 2.05) is 0 Å². The van der Waals surface area contributed by atoms with Crippen molar-refractivity contribution in [1.82, 2.24) is 16.0 Å². The fourth-order valence-electron chi connectivity index (χ4n) is 2.49. The number of carboxylic acid groups (broad SMARTS) is 3. The van der Waals surface area contributed by atoms with E-state index >= 15 is 0 Å². The number of carbonyl (C=O) groups is 6. The fourth-order valence-corrected chi connectivity index (χ4v) is 2.49. The Morgan fingerprint density at radius 3 is 1.86 bits per heavy atom. The Hall–Kier alpha value is -3.46. The molecule has 206 valence electrons. The van der Waals surface area contributed by atoms with Gasteiger partial charge in [-0.1, -0.05) is 0 Å². The van der Waals surface area contributed by atoms with Gasteiger partial charge in [0.1, 0.15) is 24.3 Å². The Labute approximate surface area is 207 Å². The molecule has 36 heavy (non-hydrogen) atoms. The van der Waals surface area contributed by atoms with E-state index < -0.39 is 79.4 Å². The van der Waals surface area contributed by atoms with Crippen molar-refractivity contribution in [1.29, 1.82) is 0 Å². The SMILES string of the molecule is CC(C)(C)OC(=O)NCCOCCOCC(=O)NC(CCC(=O)O)C(=O)NC(CCC(=O)O)C(=O)O. The van der Waals surface area contributed by atoms with Gasteiger partial charge in [0.2, 0.25) is 11.8 Å². The monoisotopic (exact) mass is 521 g/mol. The molecular weight excluding hydrogens is 486 g/mol. The predicted molar refractivity (Wildman–Crippen MR) is 121 cm³/mol. The first-order chi connectivity index (χ1) is 16.7. The first-order valence-corrected chi connectivity index (χ1v) is 11.1. The normalized spacial score (nSPS) is 12.6. The highest BCUT2D eigenvalue weighted by atomic mass is 16.6. The largest absolute Gasteiger partial charge is 0.481 e. The van der Waals surface area contributed by atoms with Gasteiger partial charge in [-0.15, -0.1) is 0 Å². The molecule has 0 saturated carbocycles. The number of nitrogens with one attached hydrogen (secondary N) is 3. The van der Waals surface area contributed by atoms with Gasteiger partial charge in [0.05, 0.1) is 19.8 Å². The third-order valence-electron chi connectivity index (χ3n) is 4.08. The highest BCUT2D eigenvalue weighted by Crippen LogP contribution is 2.06. The predicted octanol–water partition coefficient (Wildman–Crippen LogP) is -0.672. The smallest absolute Gasteiger partial charge is 0.407 e. The Kier molecular flexibility index (Phi) is 15.4. The molecule has 0 heterocycles. The number of rotatable bonds is 18. The number of alkyl carbamates (subject to hydrolysis) is 1. The molecule has 2 atom stereocenters. The van der Waals surface area contributed by atoms with Crippen molar-refractivity contribution in [3.8, 4) is 0 Å². The van der Waals surface area contributed by atoms with Gasteiger partial charge in [-0.25, -0.2) is 9.59 Å². The van der Waals surface area contributed by atoms with Crippen LogP contribution in [0.15, 0.2) is 0 Å². The van der Waals surface area contributed by atoms with Gasteiger partial charge >= 0.3 is 24.0 Å². The molecule has 0 aliphatic rings. The van der Waals surface area contributed by atoms with Crippen LogP contribution < -0.4 is 16.0 Å². The third kappa shape index (κ3) is 17.9. The molecule has 2 unspecified atom stereocenters. The van der Waals surface area contributed by atoms with E-state index in [0.717, 1.165) is 0 Å². The number of carboxylic acids is 3. The summed E-state index contributed by atoms with van der Waals surface area (Å²) in [5.41, 5.74) is -0.620. The lowest BCUT2D eigenvalue weighted by Gasteiger charge is -2.21. The lowest BCUT2D eigenvalue weighted by Crippen LogP contribution is -2.52. The van der Waals surface area contributed by atoms with Crippen molar-refractivity contribution < 1.29 is 58.3 Å². The van der Waals surface area contributed by atoms with E-state index in [2.05, 4.69) is 16.0 Å². The average molecular weight is 522 g/mol. The molecule has 6 N–H and O–H groups in total. The summed E-state index contributed by atoms with van der Waals surface area (Å²) in [7, 11) is 0. The van der Waals surface area contributed by atoms with E-state index in [9.17, 15) is 28.8 Å². The standard InChI is InChI=1S/C21H35N3O12/c1-21(2,3)36-20(33)22-8-9-34-10-11-35-12-15(25)23-13(4-6-16(26)27)18(30)24-14(19(31)32)5-7-17(28)29/h13-14H,4-12H2,1-3H3,(H,22,33)(H,23,25)(H,24,30)(H,26,27)(H,28,29)(H,31,32). The number of hydrogen-bond acceptors (Lipinski definition) is 9. The highest BCUT2D eigenvalue weighted by molar-refractivity contribution is 5.91. The second kappa shape index (κ2) is 17.0. The van der Waals surface area contributed by atoms with Crippen LogP contribution in [-0.2, 0) is 38.2 Å². The lowest BCUT2D eigenvalue weighted by molar-refractivity contribution is -0.144. The topological polar surface area (TPSA) is 227 Å². The van der Waals surface area contributed by atoms with Crippen LogP contribution in [0, 0.1) is 0 Å². The minimum absolute atomic E-state index is 0.00211.